The summed E-state index contributed by atoms with van der Waals surface area (Å²) in [7, 11) is 1.57. The smallest absolute Gasteiger partial charge is 0.320 e. The van der Waals surface area contributed by atoms with Crippen molar-refractivity contribution in [3.8, 4) is 5.75 Å². The van der Waals surface area contributed by atoms with Crippen molar-refractivity contribution >= 4 is 5.97 Å². The largest absolute Gasteiger partial charge is 0.497 e. The minimum Gasteiger partial charge on any atom is -0.497 e. The van der Waals surface area contributed by atoms with Gasteiger partial charge in [0, 0.05) is 0 Å². The Kier molecular flexibility index (Phi) is 3.68. The van der Waals surface area contributed by atoms with Crippen molar-refractivity contribution in [1.82, 2.24) is 0 Å². The van der Waals surface area contributed by atoms with Gasteiger partial charge >= 0.3 is 5.97 Å². The Hall–Kier alpha value is -1.55. The van der Waals surface area contributed by atoms with E-state index in [-0.39, 0.29) is 0 Å². The molecule has 1 aromatic rings. The fourth-order valence-electron chi connectivity index (χ4n) is 1.32. The minimum atomic E-state index is -0.989. The molecule has 0 fully saturated rings. The Bertz CT molecular complexity index is 363. The van der Waals surface area contributed by atoms with Crippen molar-refractivity contribution in [3.63, 3.8) is 0 Å². The fourth-order valence-corrected chi connectivity index (χ4v) is 1.32. The second-order valence-corrected chi connectivity index (χ2v) is 3.44. The van der Waals surface area contributed by atoms with Crippen LogP contribution < -0.4 is 10.5 Å². The van der Waals surface area contributed by atoms with Gasteiger partial charge in [-0.1, -0.05) is 6.07 Å². The van der Waals surface area contributed by atoms with E-state index in [2.05, 4.69) is 0 Å². The highest BCUT2D eigenvalue weighted by Gasteiger charge is 2.13. The number of ether oxygens (including phenoxy) is 1. The van der Waals surface area contributed by atoms with Gasteiger partial charge in [-0.15, -0.1) is 0 Å². The Balaban J connectivity index is 2.88. The van der Waals surface area contributed by atoms with Gasteiger partial charge in [-0.3, -0.25) is 4.79 Å². The van der Waals surface area contributed by atoms with Crippen LogP contribution in [0.25, 0.3) is 0 Å². The van der Waals surface area contributed by atoms with Crippen LogP contribution in [-0.2, 0) is 11.2 Å². The van der Waals surface area contributed by atoms with Crippen LogP contribution in [0.3, 0.4) is 0 Å². The fraction of sp³-hybridized carbons (Fsp3) is 0.364. The summed E-state index contributed by atoms with van der Waals surface area (Å²) in [4.78, 5) is 10.6. The van der Waals surface area contributed by atoms with Gasteiger partial charge in [0.25, 0.3) is 0 Å². The van der Waals surface area contributed by atoms with E-state index in [4.69, 9.17) is 15.6 Å². The molecule has 0 amide bonds. The zero-order valence-corrected chi connectivity index (χ0v) is 8.86. The lowest BCUT2D eigenvalue weighted by atomic mass is 10.0. The molecule has 0 spiro atoms. The number of aliphatic carboxylic acids is 1. The molecule has 1 atom stereocenters. The summed E-state index contributed by atoms with van der Waals surface area (Å²) in [5.41, 5.74) is 7.40. The number of carboxylic acid groups (broad SMARTS) is 1. The molecule has 1 rings (SSSR count). The predicted octanol–water partition coefficient (Wildman–Crippen LogP) is 0.958. The van der Waals surface area contributed by atoms with Gasteiger partial charge in [0.05, 0.1) is 7.11 Å². The molecule has 0 aromatic heterocycles. The zero-order chi connectivity index (χ0) is 11.4. The first-order chi connectivity index (χ1) is 7.04. The van der Waals surface area contributed by atoms with E-state index in [9.17, 15) is 4.79 Å². The molecular weight excluding hydrogens is 194 g/mol. The maximum Gasteiger partial charge on any atom is 0.320 e. The van der Waals surface area contributed by atoms with Crippen molar-refractivity contribution in [2.75, 3.05) is 7.11 Å². The Morgan fingerprint density at radius 1 is 1.60 bits per heavy atom. The van der Waals surface area contributed by atoms with Crippen molar-refractivity contribution < 1.29 is 14.6 Å². The molecule has 0 saturated heterocycles. The number of rotatable bonds is 4. The molecule has 0 aliphatic heterocycles. The molecule has 4 heteroatoms. The summed E-state index contributed by atoms with van der Waals surface area (Å²) in [6, 6.07) is 4.68. The first kappa shape index (κ1) is 11.5. The SMILES string of the molecule is COc1ccc(C)c(C[C@H](N)C(=O)O)c1. The molecule has 3 N–H and O–H groups in total. The summed E-state index contributed by atoms with van der Waals surface area (Å²) < 4.78 is 5.06. The first-order valence-corrected chi connectivity index (χ1v) is 4.66. The number of hydrogen-bond donors (Lipinski definition) is 2. The molecule has 0 unspecified atom stereocenters. The van der Waals surface area contributed by atoms with E-state index >= 15 is 0 Å². The van der Waals surface area contributed by atoms with Crippen molar-refractivity contribution in [1.29, 1.82) is 0 Å². The molecule has 0 aliphatic carbocycles. The number of methoxy groups -OCH3 is 1. The number of benzene rings is 1. The number of aryl methyl sites for hydroxylation is 1. The van der Waals surface area contributed by atoms with Crippen LogP contribution in [-0.4, -0.2) is 24.2 Å². The van der Waals surface area contributed by atoms with Gasteiger partial charge in [-0.05, 0) is 36.6 Å². The predicted molar refractivity (Wildman–Crippen MR) is 57.0 cm³/mol. The number of hydrogen-bond acceptors (Lipinski definition) is 3. The Morgan fingerprint density at radius 3 is 2.80 bits per heavy atom. The summed E-state index contributed by atoms with van der Waals surface area (Å²) >= 11 is 0. The van der Waals surface area contributed by atoms with Crippen molar-refractivity contribution in [2.45, 2.75) is 19.4 Å². The highest BCUT2D eigenvalue weighted by Crippen LogP contribution is 2.18. The molecule has 0 saturated carbocycles. The van der Waals surface area contributed by atoms with Gasteiger partial charge in [-0.2, -0.15) is 0 Å². The standard InChI is InChI=1S/C11H15NO3/c1-7-3-4-9(15-2)5-8(7)6-10(12)11(13)14/h3-5,10H,6,12H2,1-2H3,(H,13,14)/t10-/m0/s1. The molecule has 4 nitrogen and oxygen atoms in total. The number of nitrogens with two attached hydrogens (primary N) is 1. The third-order valence-corrected chi connectivity index (χ3v) is 2.31. The minimum absolute atomic E-state index is 0.318. The maximum absolute atomic E-state index is 10.6. The topological polar surface area (TPSA) is 72.5 Å². The third-order valence-electron chi connectivity index (χ3n) is 2.31. The van der Waals surface area contributed by atoms with E-state index in [0.717, 1.165) is 11.1 Å². The van der Waals surface area contributed by atoms with E-state index < -0.39 is 12.0 Å². The van der Waals surface area contributed by atoms with Gasteiger partial charge in [0.2, 0.25) is 0 Å². The van der Waals surface area contributed by atoms with Crippen LogP contribution in [0.4, 0.5) is 0 Å². The lowest BCUT2D eigenvalue weighted by Gasteiger charge is -2.10. The average Bonchev–Trinajstić information content (AvgIpc) is 2.21. The summed E-state index contributed by atoms with van der Waals surface area (Å²) in [5.74, 6) is -0.273. The molecule has 0 aliphatic rings. The zero-order valence-electron chi connectivity index (χ0n) is 8.86. The molecule has 0 radical (unpaired) electrons. The van der Waals surface area contributed by atoms with Crippen molar-refractivity contribution in [3.05, 3.63) is 29.3 Å². The second-order valence-electron chi connectivity index (χ2n) is 3.44. The van der Waals surface area contributed by atoms with Crippen LogP contribution in [0, 0.1) is 6.92 Å². The number of carboxylic acids is 1. The van der Waals surface area contributed by atoms with Gasteiger partial charge < -0.3 is 15.6 Å². The monoisotopic (exact) mass is 209 g/mol. The Labute approximate surface area is 88.7 Å². The van der Waals surface area contributed by atoms with Gasteiger partial charge in [-0.25, -0.2) is 0 Å². The van der Waals surface area contributed by atoms with Crippen LogP contribution in [0.2, 0.25) is 0 Å². The van der Waals surface area contributed by atoms with Crippen LogP contribution in [0.1, 0.15) is 11.1 Å². The molecule has 0 bridgehead atoms. The van der Waals surface area contributed by atoms with E-state index in [1.807, 2.05) is 25.1 Å². The van der Waals surface area contributed by atoms with Crippen molar-refractivity contribution in [2.24, 2.45) is 5.73 Å². The van der Waals surface area contributed by atoms with E-state index in [1.54, 1.807) is 7.11 Å². The highest BCUT2D eigenvalue weighted by molar-refractivity contribution is 5.73. The van der Waals surface area contributed by atoms with Gasteiger partial charge in [0.15, 0.2) is 0 Å². The quantitative estimate of drug-likeness (QED) is 0.774. The lowest BCUT2D eigenvalue weighted by Crippen LogP contribution is -2.32. The average molecular weight is 209 g/mol. The molecule has 0 heterocycles. The maximum atomic E-state index is 10.6. The first-order valence-electron chi connectivity index (χ1n) is 4.66. The number of carbonyl (C=O) groups is 1. The van der Waals surface area contributed by atoms with Crippen LogP contribution in [0.15, 0.2) is 18.2 Å². The normalized spacial score (nSPS) is 12.2. The molecule has 82 valence electrons. The van der Waals surface area contributed by atoms with Crippen LogP contribution in [0.5, 0.6) is 5.75 Å². The highest BCUT2D eigenvalue weighted by atomic mass is 16.5. The summed E-state index contributed by atoms with van der Waals surface area (Å²) in [6.07, 6.45) is 0.318. The lowest BCUT2D eigenvalue weighted by molar-refractivity contribution is -0.138. The second kappa shape index (κ2) is 4.79. The molecular formula is C11H15NO3. The van der Waals surface area contributed by atoms with E-state index in [1.165, 1.54) is 0 Å². The summed E-state index contributed by atoms with van der Waals surface area (Å²) in [5, 5.41) is 8.70. The Morgan fingerprint density at radius 2 is 2.27 bits per heavy atom. The van der Waals surface area contributed by atoms with Crippen LogP contribution >= 0.6 is 0 Å². The summed E-state index contributed by atoms with van der Waals surface area (Å²) in [6.45, 7) is 1.92. The molecule has 1 aromatic carbocycles. The van der Waals surface area contributed by atoms with E-state index in [0.29, 0.717) is 12.2 Å². The molecule has 15 heavy (non-hydrogen) atoms. The third kappa shape index (κ3) is 2.95. The van der Waals surface area contributed by atoms with Gasteiger partial charge in [0.1, 0.15) is 11.8 Å².